The third kappa shape index (κ3) is 8.86. The molecular formula is C40H53F3N6O8S. The fraction of sp³-hybridized carbons (Fsp3) is 0.625. The van der Waals surface area contributed by atoms with E-state index in [1.165, 1.54) is 4.90 Å². The molecule has 18 heteroatoms. The second-order valence-electron chi connectivity index (χ2n) is 17.1. The average molecular weight is 835 g/mol. The fourth-order valence-electron chi connectivity index (χ4n) is 7.77. The van der Waals surface area contributed by atoms with Crippen molar-refractivity contribution in [2.75, 3.05) is 13.2 Å². The highest BCUT2D eigenvalue weighted by molar-refractivity contribution is 7.91. The number of nitrogens with zero attached hydrogens (tertiary/aromatic N) is 2. The lowest BCUT2D eigenvalue weighted by Gasteiger charge is -2.34. The maximum Gasteiger partial charge on any atom is 0.411 e. The van der Waals surface area contributed by atoms with E-state index < -0.39 is 85.8 Å². The molecule has 1 saturated heterocycles. The van der Waals surface area contributed by atoms with E-state index in [-0.39, 0.29) is 31.2 Å². The Labute approximate surface area is 336 Å². The molecule has 2 aromatic rings. The van der Waals surface area contributed by atoms with E-state index in [2.05, 4.69) is 20.3 Å². The first kappa shape index (κ1) is 43.0. The van der Waals surface area contributed by atoms with Crippen molar-refractivity contribution in [3.63, 3.8) is 0 Å². The lowest BCUT2D eigenvalue weighted by molar-refractivity contribution is -0.182. The van der Waals surface area contributed by atoms with Crippen LogP contribution in [0.15, 0.2) is 42.6 Å². The number of hydrogen-bond acceptors (Lipinski definition) is 9. The zero-order valence-corrected chi connectivity index (χ0v) is 34.4. The molecule has 0 unspecified atom stereocenters. The van der Waals surface area contributed by atoms with Crippen LogP contribution in [0.2, 0.25) is 0 Å². The fourth-order valence-corrected chi connectivity index (χ4v) is 9.08. The number of pyridine rings is 1. The van der Waals surface area contributed by atoms with E-state index in [9.17, 15) is 40.8 Å². The molecule has 2 aliphatic carbocycles. The lowest BCUT2D eigenvalue weighted by atomic mass is 9.88. The topological polar surface area (TPSA) is 185 Å². The SMILES string of the molecule is CCOc1ccc2c(O[C@@H]3C[C@H]4C(=O)N[C@]5(C(=O)NS(=O)(=O)C6(C)CC6)C[C@H]5C=CCC[C@@H](C)C[C@@H](C)[C@H](NC(=O)NC(C)(C)C(F)(F)F)C(=O)N4C3)nccc2c1. The molecule has 1 aromatic carbocycles. The van der Waals surface area contributed by atoms with Crippen LogP contribution in [0.5, 0.6) is 11.6 Å². The van der Waals surface area contributed by atoms with Crippen LogP contribution in [0, 0.1) is 17.8 Å². The molecule has 0 bridgehead atoms. The number of urea groups is 1. The molecule has 6 rings (SSSR count). The highest BCUT2D eigenvalue weighted by atomic mass is 32.2. The molecule has 58 heavy (non-hydrogen) atoms. The number of carbonyl (C=O) groups excluding carboxylic acids is 4. The van der Waals surface area contributed by atoms with Crippen LogP contribution < -0.4 is 30.1 Å². The molecule has 4 aliphatic rings. The molecule has 5 amide bonds. The number of amides is 5. The minimum Gasteiger partial charge on any atom is -0.494 e. The average Bonchev–Trinajstić information content (AvgIpc) is 4.01. The van der Waals surface area contributed by atoms with Gasteiger partial charge in [0.05, 0.1) is 17.9 Å². The summed E-state index contributed by atoms with van der Waals surface area (Å²) >= 11 is 0. The summed E-state index contributed by atoms with van der Waals surface area (Å²) in [5.74, 6) is -2.67. The minimum atomic E-state index is -4.80. The number of alkyl halides is 3. The van der Waals surface area contributed by atoms with Crippen molar-refractivity contribution in [3.8, 4) is 11.6 Å². The zero-order chi connectivity index (χ0) is 42.4. The van der Waals surface area contributed by atoms with Crippen LogP contribution in [0.3, 0.4) is 0 Å². The summed E-state index contributed by atoms with van der Waals surface area (Å²) in [4.78, 5) is 62.1. The quantitative estimate of drug-likeness (QED) is 0.256. The summed E-state index contributed by atoms with van der Waals surface area (Å²) in [5, 5.41) is 8.63. The Hall–Kier alpha value is -4.61. The van der Waals surface area contributed by atoms with Gasteiger partial charge in [0.1, 0.15) is 35.0 Å². The normalized spacial score (nSPS) is 28.9. The molecule has 0 radical (unpaired) electrons. The molecule has 0 spiro atoms. The molecule has 2 aliphatic heterocycles. The van der Waals surface area contributed by atoms with Gasteiger partial charge >= 0.3 is 12.2 Å². The summed E-state index contributed by atoms with van der Waals surface area (Å²) in [6, 6.07) is 3.25. The standard InChI is InChI=1S/C40H53F3N6O8S/c1-7-56-27-12-13-29-25(19-27)14-17-44-33(29)57-28-20-30-32(50)46-39(35(52)48-58(54,55)38(6)15-16-38)21-26(39)11-9-8-10-23(2)18-24(3)31(34(51)49(30)22-28)45-36(53)47-37(4,5)40(41,42)43/h9,11-14,17,19,23-24,26,28,30-31H,7-8,10,15-16,18,20-22H2,1-6H3,(H,46,50)(H,48,52)(H2,45,47,53)/t23-,24-,26-,28-,30+,31+,39-/m1/s1. The van der Waals surface area contributed by atoms with E-state index in [0.29, 0.717) is 49.8 Å². The number of sulfonamides is 1. The molecular weight excluding hydrogens is 782 g/mol. The first-order chi connectivity index (χ1) is 27.1. The van der Waals surface area contributed by atoms with Crippen molar-refractivity contribution in [2.45, 2.75) is 127 Å². The summed E-state index contributed by atoms with van der Waals surface area (Å²) in [5.41, 5.74) is -4.26. The third-order valence-electron chi connectivity index (χ3n) is 12.0. The number of nitrogens with one attached hydrogen (secondary N) is 4. The Morgan fingerprint density at radius 3 is 2.50 bits per heavy atom. The molecule has 3 heterocycles. The van der Waals surface area contributed by atoms with Crippen LogP contribution >= 0.6 is 0 Å². The largest absolute Gasteiger partial charge is 0.494 e. The summed E-state index contributed by atoms with van der Waals surface area (Å²) in [6.07, 6.45) is 1.95. The van der Waals surface area contributed by atoms with Gasteiger partial charge in [-0.25, -0.2) is 18.2 Å². The maximum atomic E-state index is 14.8. The van der Waals surface area contributed by atoms with Gasteiger partial charge in [0.25, 0.3) is 5.91 Å². The predicted octanol–water partition coefficient (Wildman–Crippen LogP) is 4.88. The lowest BCUT2D eigenvalue weighted by Crippen LogP contribution is -2.62. The van der Waals surface area contributed by atoms with Gasteiger partial charge in [-0.15, -0.1) is 0 Å². The molecule has 7 atom stereocenters. The van der Waals surface area contributed by atoms with E-state index in [4.69, 9.17) is 9.47 Å². The Bertz CT molecular complexity index is 2080. The number of hydrogen-bond donors (Lipinski definition) is 4. The minimum absolute atomic E-state index is 0.0147. The Kier molecular flexibility index (Phi) is 11.8. The van der Waals surface area contributed by atoms with Gasteiger partial charge in [0, 0.05) is 23.9 Å². The van der Waals surface area contributed by atoms with Crippen molar-refractivity contribution < 1.29 is 50.2 Å². The van der Waals surface area contributed by atoms with E-state index >= 15 is 0 Å². The van der Waals surface area contributed by atoms with Gasteiger partial charge in [0.15, 0.2) is 0 Å². The predicted molar refractivity (Wildman–Crippen MR) is 208 cm³/mol. The van der Waals surface area contributed by atoms with Gasteiger partial charge < -0.3 is 30.3 Å². The summed E-state index contributed by atoms with van der Waals surface area (Å²) in [6.45, 7) is 8.96. The van der Waals surface area contributed by atoms with E-state index in [1.54, 1.807) is 44.3 Å². The highest BCUT2D eigenvalue weighted by Crippen LogP contribution is 2.47. The maximum absolute atomic E-state index is 14.8. The zero-order valence-electron chi connectivity index (χ0n) is 33.6. The Morgan fingerprint density at radius 2 is 1.83 bits per heavy atom. The van der Waals surface area contributed by atoms with Gasteiger partial charge in [-0.2, -0.15) is 13.2 Å². The van der Waals surface area contributed by atoms with Crippen molar-refractivity contribution in [3.05, 3.63) is 42.6 Å². The van der Waals surface area contributed by atoms with E-state index in [1.807, 2.05) is 31.3 Å². The monoisotopic (exact) mass is 834 g/mol. The summed E-state index contributed by atoms with van der Waals surface area (Å²) < 4.78 is 80.9. The number of carbonyl (C=O) groups is 4. The van der Waals surface area contributed by atoms with Crippen LogP contribution in [0.4, 0.5) is 18.0 Å². The highest BCUT2D eigenvalue weighted by Gasteiger charge is 2.63. The number of halogens is 3. The molecule has 3 fully saturated rings. The second-order valence-corrected chi connectivity index (χ2v) is 19.3. The molecule has 4 N–H and O–H groups in total. The number of aromatic nitrogens is 1. The molecule has 1 aromatic heterocycles. The smallest absolute Gasteiger partial charge is 0.411 e. The number of allylic oxidation sites excluding steroid dienone is 1. The van der Waals surface area contributed by atoms with Crippen molar-refractivity contribution in [1.82, 2.24) is 30.6 Å². The van der Waals surface area contributed by atoms with Crippen LogP contribution in [0.25, 0.3) is 10.8 Å². The third-order valence-corrected chi connectivity index (χ3v) is 14.1. The molecule has 14 nitrogen and oxygen atoms in total. The van der Waals surface area contributed by atoms with Crippen molar-refractivity contribution >= 4 is 44.5 Å². The van der Waals surface area contributed by atoms with Gasteiger partial charge in [-0.05, 0) is 108 Å². The molecule has 318 valence electrons. The Morgan fingerprint density at radius 1 is 1.10 bits per heavy atom. The first-order valence-electron chi connectivity index (χ1n) is 19.8. The van der Waals surface area contributed by atoms with Crippen LogP contribution in [-0.4, -0.2) is 95.4 Å². The second kappa shape index (κ2) is 15.9. The van der Waals surface area contributed by atoms with Gasteiger partial charge in [0.2, 0.25) is 27.7 Å². The number of fused-ring (bicyclic) bond motifs is 3. The van der Waals surface area contributed by atoms with Gasteiger partial charge in [-0.3, -0.25) is 19.1 Å². The first-order valence-corrected chi connectivity index (χ1v) is 21.3. The van der Waals surface area contributed by atoms with E-state index in [0.717, 1.165) is 19.2 Å². The number of benzene rings is 1. The Balaban J connectivity index is 1.35. The number of rotatable bonds is 9. The van der Waals surface area contributed by atoms with Crippen molar-refractivity contribution in [1.29, 1.82) is 0 Å². The van der Waals surface area contributed by atoms with Crippen molar-refractivity contribution in [2.24, 2.45) is 17.8 Å². The van der Waals surface area contributed by atoms with Crippen LogP contribution in [0.1, 0.15) is 86.5 Å². The summed E-state index contributed by atoms with van der Waals surface area (Å²) in [7, 11) is -4.07. The van der Waals surface area contributed by atoms with Gasteiger partial charge in [-0.1, -0.05) is 26.0 Å². The molecule has 2 saturated carbocycles. The number of ether oxygens (including phenoxy) is 2. The van der Waals surface area contributed by atoms with Crippen LogP contribution in [-0.2, 0) is 24.4 Å².